The second kappa shape index (κ2) is 5.38. The van der Waals surface area contributed by atoms with Gasteiger partial charge in [0.25, 0.3) is 0 Å². The predicted octanol–water partition coefficient (Wildman–Crippen LogP) is 2.32. The summed E-state index contributed by atoms with van der Waals surface area (Å²) in [5, 5.41) is 0. The fourth-order valence-corrected chi connectivity index (χ4v) is 2.26. The van der Waals surface area contributed by atoms with Crippen LogP contribution in [0.15, 0.2) is 49.2 Å². The lowest BCUT2D eigenvalue weighted by Gasteiger charge is -2.24. The van der Waals surface area contributed by atoms with Gasteiger partial charge in [0.1, 0.15) is 0 Å². The van der Waals surface area contributed by atoms with Crippen molar-refractivity contribution in [1.82, 2.24) is 24.3 Å². The van der Waals surface area contributed by atoms with Crippen LogP contribution in [0.25, 0.3) is 5.78 Å². The molecule has 3 rings (SSSR count). The van der Waals surface area contributed by atoms with Gasteiger partial charge in [-0.1, -0.05) is 6.07 Å². The molecule has 5 heteroatoms. The van der Waals surface area contributed by atoms with Crippen LogP contribution in [-0.4, -0.2) is 31.3 Å². The highest BCUT2D eigenvalue weighted by Crippen LogP contribution is 2.19. The van der Waals surface area contributed by atoms with E-state index in [-0.39, 0.29) is 0 Å². The van der Waals surface area contributed by atoms with E-state index in [1.165, 1.54) is 5.56 Å². The Labute approximate surface area is 117 Å². The molecule has 102 valence electrons. The molecule has 0 aromatic carbocycles. The van der Waals surface area contributed by atoms with E-state index in [1.54, 1.807) is 12.4 Å². The minimum atomic E-state index is 0.297. The molecule has 3 aromatic heterocycles. The maximum atomic E-state index is 4.32. The van der Waals surface area contributed by atoms with Gasteiger partial charge in [0.2, 0.25) is 5.78 Å². The van der Waals surface area contributed by atoms with E-state index in [2.05, 4.69) is 39.9 Å². The van der Waals surface area contributed by atoms with E-state index in [4.69, 9.17) is 0 Å². The zero-order chi connectivity index (χ0) is 13.9. The Kier molecular flexibility index (Phi) is 3.43. The summed E-state index contributed by atoms with van der Waals surface area (Å²) < 4.78 is 2.02. The number of fused-ring (bicyclic) bond motifs is 1. The lowest BCUT2D eigenvalue weighted by Crippen LogP contribution is -2.22. The van der Waals surface area contributed by atoms with Crippen LogP contribution in [-0.2, 0) is 6.54 Å². The molecule has 3 aromatic rings. The number of hydrogen-bond acceptors (Lipinski definition) is 4. The van der Waals surface area contributed by atoms with E-state index in [0.29, 0.717) is 6.04 Å². The molecule has 0 aliphatic heterocycles. The van der Waals surface area contributed by atoms with Gasteiger partial charge in [0.15, 0.2) is 0 Å². The average Bonchev–Trinajstić information content (AvgIpc) is 2.91. The third kappa shape index (κ3) is 2.40. The predicted molar refractivity (Wildman–Crippen MR) is 77.1 cm³/mol. The second-order valence-electron chi connectivity index (χ2n) is 4.92. The number of pyridine rings is 1. The largest absolute Gasteiger partial charge is 0.294 e. The summed E-state index contributed by atoms with van der Waals surface area (Å²) >= 11 is 0. The SMILES string of the molecule is C[C@H](c1cccnc1)N(C)Cc1cnc2ncccn12. The van der Waals surface area contributed by atoms with E-state index in [1.807, 2.05) is 35.1 Å². The number of aromatic nitrogens is 4. The molecule has 0 bridgehead atoms. The van der Waals surface area contributed by atoms with Gasteiger partial charge in [-0.25, -0.2) is 9.97 Å². The van der Waals surface area contributed by atoms with Crippen molar-refractivity contribution < 1.29 is 0 Å². The summed E-state index contributed by atoms with van der Waals surface area (Å²) in [5.41, 5.74) is 2.34. The van der Waals surface area contributed by atoms with Gasteiger partial charge in [0, 0.05) is 37.4 Å². The third-order valence-corrected chi connectivity index (χ3v) is 3.60. The molecule has 0 N–H and O–H groups in total. The molecule has 3 heterocycles. The molecular formula is C15H17N5. The molecule has 1 atom stereocenters. The number of rotatable bonds is 4. The summed E-state index contributed by atoms with van der Waals surface area (Å²) in [6.07, 6.45) is 9.35. The van der Waals surface area contributed by atoms with Crippen LogP contribution in [0.5, 0.6) is 0 Å². The van der Waals surface area contributed by atoms with Gasteiger partial charge < -0.3 is 0 Å². The molecule has 0 radical (unpaired) electrons. The van der Waals surface area contributed by atoms with Crippen LogP contribution in [0.2, 0.25) is 0 Å². The fourth-order valence-electron chi connectivity index (χ4n) is 2.26. The number of nitrogens with zero attached hydrogens (tertiary/aromatic N) is 5. The Morgan fingerprint density at radius 2 is 2.10 bits per heavy atom. The molecular weight excluding hydrogens is 250 g/mol. The minimum Gasteiger partial charge on any atom is -0.294 e. The zero-order valence-corrected chi connectivity index (χ0v) is 11.6. The normalized spacial score (nSPS) is 12.9. The van der Waals surface area contributed by atoms with Crippen molar-refractivity contribution in [3.05, 3.63) is 60.4 Å². The van der Waals surface area contributed by atoms with E-state index >= 15 is 0 Å². The van der Waals surface area contributed by atoms with Crippen molar-refractivity contribution in [3.63, 3.8) is 0 Å². The highest BCUT2D eigenvalue weighted by atomic mass is 15.2. The highest BCUT2D eigenvalue weighted by Gasteiger charge is 2.14. The minimum absolute atomic E-state index is 0.297. The van der Waals surface area contributed by atoms with Crippen molar-refractivity contribution in [2.24, 2.45) is 0 Å². The van der Waals surface area contributed by atoms with E-state index < -0.39 is 0 Å². The van der Waals surface area contributed by atoms with Crippen LogP contribution in [0.3, 0.4) is 0 Å². The molecule has 0 unspecified atom stereocenters. The maximum absolute atomic E-state index is 4.32. The average molecular weight is 267 g/mol. The Bertz CT molecular complexity index is 692. The first-order valence-electron chi connectivity index (χ1n) is 6.63. The topological polar surface area (TPSA) is 46.3 Å². The molecule has 0 spiro atoms. The van der Waals surface area contributed by atoms with Crippen molar-refractivity contribution in [2.45, 2.75) is 19.5 Å². The van der Waals surface area contributed by atoms with E-state index in [0.717, 1.165) is 18.0 Å². The van der Waals surface area contributed by atoms with Crippen LogP contribution >= 0.6 is 0 Å². The zero-order valence-electron chi connectivity index (χ0n) is 11.6. The number of imidazole rings is 1. The molecule has 0 saturated heterocycles. The lowest BCUT2D eigenvalue weighted by atomic mass is 10.1. The molecule has 5 nitrogen and oxygen atoms in total. The lowest BCUT2D eigenvalue weighted by molar-refractivity contribution is 0.249. The van der Waals surface area contributed by atoms with Gasteiger partial charge >= 0.3 is 0 Å². The molecule has 0 fully saturated rings. The quantitative estimate of drug-likeness (QED) is 0.728. The standard InChI is InChI=1S/C15H17N5/c1-12(13-5-3-6-16-9-13)19(2)11-14-10-18-15-17-7-4-8-20(14)15/h3-10,12H,11H2,1-2H3/t12-/m1/s1. The van der Waals surface area contributed by atoms with Crippen molar-refractivity contribution in [3.8, 4) is 0 Å². The Hall–Kier alpha value is -2.27. The first kappa shape index (κ1) is 12.7. The summed E-state index contributed by atoms with van der Waals surface area (Å²) in [6, 6.07) is 6.29. The smallest absolute Gasteiger partial charge is 0.233 e. The van der Waals surface area contributed by atoms with Crippen molar-refractivity contribution in [2.75, 3.05) is 7.05 Å². The maximum Gasteiger partial charge on any atom is 0.233 e. The van der Waals surface area contributed by atoms with Gasteiger partial charge in [0.05, 0.1) is 11.9 Å². The third-order valence-electron chi connectivity index (χ3n) is 3.60. The van der Waals surface area contributed by atoms with Gasteiger partial charge in [-0.3, -0.25) is 14.3 Å². The molecule has 0 aliphatic rings. The highest BCUT2D eigenvalue weighted by molar-refractivity contribution is 5.30. The molecule has 0 aliphatic carbocycles. The summed E-state index contributed by atoms with van der Waals surface area (Å²) in [6.45, 7) is 2.99. The summed E-state index contributed by atoms with van der Waals surface area (Å²) in [7, 11) is 2.10. The molecule has 20 heavy (non-hydrogen) atoms. The van der Waals surface area contributed by atoms with Crippen LogP contribution in [0, 0.1) is 0 Å². The van der Waals surface area contributed by atoms with Crippen molar-refractivity contribution in [1.29, 1.82) is 0 Å². The Morgan fingerprint density at radius 3 is 2.90 bits per heavy atom. The fraction of sp³-hybridized carbons (Fsp3) is 0.267. The molecule has 0 amide bonds. The first-order chi connectivity index (χ1) is 9.75. The van der Waals surface area contributed by atoms with Gasteiger partial charge in [-0.15, -0.1) is 0 Å². The van der Waals surface area contributed by atoms with Crippen LogP contribution < -0.4 is 0 Å². The summed E-state index contributed by atoms with van der Waals surface area (Å²) in [4.78, 5) is 15.0. The van der Waals surface area contributed by atoms with Crippen LogP contribution in [0.4, 0.5) is 0 Å². The number of hydrogen-bond donors (Lipinski definition) is 0. The second-order valence-corrected chi connectivity index (χ2v) is 4.92. The van der Waals surface area contributed by atoms with E-state index in [9.17, 15) is 0 Å². The monoisotopic (exact) mass is 267 g/mol. The Morgan fingerprint density at radius 1 is 1.20 bits per heavy atom. The molecule has 0 saturated carbocycles. The van der Waals surface area contributed by atoms with Gasteiger partial charge in [-0.2, -0.15) is 0 Å². The summed E-state index contributed by atoms with van der Waals surface area (Å²) in [5.74, 6) is 0.741. The Balaban J connectivity index is 1.80. The van der Waals surface area contributed by atoms with Crippen LogP contribution in [0.1, 0.15) is 24.2 Å². The first-order valence-corrected chi connectivity index (χ1v) is 6.63. The van der Waals surface area contributed by atoms with Gasteiger partial charge in [-0.05, 0) is 31.7 Å². The van der Waals surface area contributed by atoms with Crippen molar-refractivity contribution >= 4 is 5.78 Å².